The second-order valence-corrected chi connectivity index (χ2v) is 6.44. The summed E-state index contributed by atoms with van der Waals surface area (Å²) in [5, 5.41) is 14.2. The van der Waals surface area contributed by atoms with Gasteiger partial charge in [-0.1, -0.05) is 19.9 Å². The third-order valence-corrected chi connectivity index (χ3v) is 4.02. The number of alkyl halides is 3. The van der Waals surface area contributed by atoms with Gasteiger partial charge in [-0.3, -0.25) is 4.79 Å². The van der Waals surface area contributed by atoms with Gasteiger partial charge in [0.25, 0.3) is 11.6 Å². The van der Waals surface area contributed by atoms with Crippen LogP contribution in [0.5, 0.6) is 5.75 Å². The maximum Gasteiger partial charge on any atom is 0.438 e. The quantitative estimate of drug-likeness (QED) is 0.875. The lowest BCUT2D eigenvalue weighted by molar-refractivity contribution is -0.297. The monoisotopic (exact) mass is 358 g/mol. The molecule has 138 valence electrons. The Labute approximate surface area is 144 Å². The standard InChI is InChI=1S/C17H21F3N2O3/c1-11(2)7-8-13-10-16(24,17(18,19)20)22(21-13)15(23)12-5-4-6-14(9-12)25-3/h4-6,9,11,24H,7-8,10H2,1-3H3. The van der Waals surface area contributed by atoms with Crippen molar-refractivity contribution in [3.8, 4) is 5.75 Å². The Kier molecular flexibility index (Phi) is 5.41. The molecule has 1 heterocycles. The van der Waals surface area contributed by atoms with Crippen LogP contribution in [0.25, 0.3) is 0 Å². The van der Waals surface area contributed by atoms with Gasteiger partial charge in [0.05, 0.1) is 7.11 Å². The van der Waals surface area contributed by atoms with Gasteiger partial charge in [0.15, 0.2) is 0 Å². The second kappa shape index (κ2) is 7.03. The van der Waals surface area contributed by atoms with Crippen LogP contribution in [0.2, 0.25) is 0 Å². The number of amides is 1. The molecular formula is C17H21F3N2O3. The molecule has 1 amide bonds. The Morgan fingerprint density at radius 1 is 1.44 bits per heavy atom. The Bertz CT molecular complexity index is 673. The summed E-state index contributed by atoms with van der Waals surface area (Å²) in [6.07, 6.45) is -4.85. The third-order valence-electron chi connectivity index (χ3n) is 4.02. The lowest BCUT2D eigenvalue weighted by atomic mass is 9.99. The average molecular weight is 358 g/mol. The molecule has 1 unspecified atom stereocenters. The van der Waals surface area contributed by atoms with Crippen LogP contribution in [-0.4, -0.2) is 40.7 Å². The first-order valence-electron chi connectivity index (χ1n) is 7.92. The van der Waals surface area contributed by atoms with E-state index in [0.29, 0.717) is 12.2 Å². The fourth-order valence-corrected chi connectivity index (χ4v) is 2.52. The molecule has 0 radical (unpaired) electrons. The maximum atomic E-state index is 13.4. The minimum atomic E-state index is -5.02. The van der Waals surface area contributed by atoms with E-state index in [-0.39, 0.29) is 28.6 Å². The number of rotatable bonds is 5. The van der Waals surface area contributed by atoms with Crippen molar-refractivity contribution in [2.45, 2.75) is 45.0 Å². The lowest BCUT2D eigenvalue weighted by Crippen LogP contribution is -2.56. The normalized spacial score (nSPS) is 20.8. The molecule has 1 aromatic rings. The zero-order valence-corrected chi connectivity index (χ0v) is 14.3. The van der Waals surface area contributed by atoms with Gasteiger partial charge in [0.2, 0.25) is 0 Å². The summed E-state index contributed by atoms with van der Waals surface area (Å²) < 4.78 is 45.3. The first kappa shape index (κ1) is 19.2. The van der Waals surface area contributed by atoms with Crippen molar-refractivity contribution in [1.29, 1.82) is 0 Å². The summed E-state index contributed by atoms with van der Waals surface area (Å²) >= 11 is 0. The van der Waals surface area contributed by atoms with E-state index in [0.717, 1.165) is 0 Å². The fourth-order valence-electron chi connectivity index (χ4n) is 2.52. The first-order chi connectivity index (χ1) is 11.6. The van der Waals surface area contributed by atoms with E-state index in [1.807, 2.05) is 13.8 Å². The summed E-state index contributed by atoms with van der Waals surface area (Å²) in [5.41, 5.74) is -3.22. The zero-order chi connectivity index (χ0) is 18.8. The van der Waals surface area contributed by atoms with E-state index in [4.69, 9.17) is 4.74 Å². The minimum absolute atomic E-state index is 0.0455. The number of methoxy groups -OCH3 is 1. The van der Waals surface area contributed by atoms with Crippen molar-refractivity contribution in [3.63, 3.8) is 0 Å². The van der Waals surface area contributed by atoms with Gasteiger partial charge in [-0.05, 0) is 37.0 Å². The van der Waals surface area contributed by atoms with E-state index < -0.39 is 24.2 Å². The molecule has 8 heteroatoms. The molecule has 0 saturated carbocycles. The van der Waals surface area contributed by atoms with Crippen molar-refractivity contribution in [2.24, 2.45) is 11.0 Å². The molecular weight excluding hydrogens is 337 g/mol. The number of aliphatic hydroxyl groups is 1. The van der Waals surface area contributed by atoms with Gasteiger partial charge in [-0.2, -0.15) is 23.3 Å². The highest BCUT2D eigenvalue weighted by Gasteiger charge is 2.63. The van der Waals surface area contributed by atoms with Gasteiger partial charge < -0.3 is 9.84 Å². The number of carbonyl (C=O) groups excluding carboxylic acids is 1. The van der Waals surface area contributed by atoms with E-state index in [2.05, 4.69) is 5.10 Å². The van der Waals surface area contributed by atoms with Crippen molar-refractivity contribution >= 4 is 11.6 Å². The fraction of sp³-hybridized carbons (Fsp3) is 0.529. The Morgan fingerprint density at radius 3 is 2.68 bits per heavy atom. The molecule has 5 nitrogen and oxygen atoms in total. The SMILES string of the molecule is COc1cccc(C(=O)N2N=C(CCC(C)C)CC2(O)C(F)(F)F)c1. The van der Waals surface area contributed by atoms with Crippen molar-refractivity contribution in [2.75, 3.05) is 7.11 Å². The predicted molar refractivity (Wildman–Crippen MR) is 86.3 cm³/mol. The smallest absolute Gasteiger partial charge is 0.438 e. The summed E-state index contributed by atoms with van der Waals surface area (Å²) in [4.78, 5) is 12.6. The van der Waals surface area contributed by atoms with E-state index in [1.165, 1.54) is 25.3 Å². The predicted octanol–water partition coefficient (Wildman–Crippen LogP) is 3.58. The molecule has 25 heavy (non-hydrogen) atoms. The van der Waals surface area contributed by atoms with Crippen LogP contribution in [0.4, 0.5) is 13.2 Å². The van der Waals surface area contributed by atoms with Crippen LogP contribution in [-0.2, 0) is 0 Å². The third kappa shape index (κ3) is 3.95. The number of hydrogen-bond acceptors (Lipinski definition) is 4. The number of benzene rings is 1. The molecule has 0 bridgehead atoms. The van der Waals surface area contributed by atoms with E-state index >= 15 is 0 Å². The molecule has 1 aliphatic heterocycles. The van der Waals surface area contributed by atoms with Crippen molar-refractivity contribution in [1.82, 2.24) is 5.01 Å². The summed E-state index contributed by atoms with van der Waals surface area (Å²) in [6, 6.07) is 5.70. The molecule has 0 aliphatic carbocycles. The Hall–Kier alpha value is -2.09. The number of hydrazone groups is 1. The van der Waals surface area contributed by atoms with Gasteiger partial charge in [-0.25, -0.2) is 0 Å². The highest BCUT2D eigenvalue weighted by molar-refractivity contribution is 5.98. The highest BCUT2D eigenvalue weighted by atomic mass is 19.4. The lowest BCUT2D eigenvalue weighted by Gasteiger charge is -2.32. The van der Waals surface area contributed by atoms with Crippen LogP contribution in [0, 0.1) is 5.92 Å². The molecule has 1 N–H and O–H groups in total. The molecule has 0 spiro atoms. The molecule has 0 saturated heterocycles. The van der Waals surface area contributed by atoms with E-state index in [1.54, 1.807) is 6.07 Å². The number of nitrogens with zero attached hydrogens (tertiary/aromatic N) is 2. The van der Waals surface area contributed by atoms with Crippen LogP contribution >= 0.6 is 0 Å². The summed E-state index contributed by atoms with van der Waals surface area (Å²) in [6.45, 7) is 3.87. The largest absolute Gasteiger partial charge is 0.497 e. The summed E-state index contributed by atoms with van der Waals surface area (Å²) in [5.74, 6) is -0.437. The van der Waals surface area contributed by atoms with Crippen LogP contribution in [0.3, 0.4) is 0 Å². The summed E-state index contributed by atoms with van der Waals surface area (Å²) in [7, 11) is 1.38. The highest BCUT2D eigenvalue weighted by Crippen LogP contribution is 2.41. The van der Waals surface area contributed by atoms with Gasteiger partial charge >= 0.3 is 6.18 Å². The van der Waals surface area contributed by atoms with Gasteiger partial charge in [-0.15, -0.1) is 0 Å². The number of ether oxygens (including phenoxy) is 1. The number of halogens is 3. The topological polar surface area (TPSA) is 62.1 Å². The van der Waals surface area contributed by atoms with Crippen LogP contribution < -0.4 is 4.74 Å². The van der Waals surface area contributed by atoms with Crippen LogP contribution in [0.1, 0.15) is 43.5 Å². The molecule has 0 aromatic heterocycles. The second-order valence-electron chi connectivity index (χ2n) is 6.44. The molecule has 1 aromatic carbocycles. The van der Waals surface area contributed by atoms with Crippen molar-refractivity contribution in [3.05, 3.63) is 29.8 Å². The maximum absolute atomic E-state index is 13.4. The van der Waals surface area contributed by atoms with Crippen molar-refractivity contribution < 1.29 is 27.8 Å². The molecule has 1 aliphatic rings. The van der Waals surface area contributed by atoms with Gasteiger partial charge in [0, 0.05) is 17.7 Å². The molecule has 0 fully saturated rings. The zero-order valence-electron chi connectivity index (χ0n) is 14.3. The van der Waals surface area contributed by atoms with E-state index in [9.17, 15) is 23.1 Å². The number of carbonyl (C=O) groups is 1. The first-order valence-corrected chi connectivity index (χ1v) is 7.92. The number of hydrogen-bond donors (Lipinski definition) is 1. The Morgan fingerprint density at radius 2 is 2.12 bits per heavy atom. The average Bonchev–Trinajstić information content (AvgIpc) is 2.90. The molecule has 2 rings (SSSR count). The minimum Gasteiger partial charge on any atom is -0.497 e. The molecule has 1 atom stereocenters. The Balaban J connectivity index is 2.36. The van der Waals surface area contributed by atoms with Crippen LogP contribution in [0.15, 0.2) is 29.4 Å². The van der Waals surface area contributed by atoms with Gasteiger partial charge in [0.1, 0.15) is 5.75 Å².